The molecule has 10 nitrogen and oxygen atoms in total. The van der Waals surface area contributed by atoms with Gasteiger partial charge in [-0.3, -0.25) is 9.69 Å². The molecular formula is C21H29N7O3. The van der Waals surface area contributed by atoms with E-state index in [-0.39, 0.29) is 12.5 Å². The van der Waals surface area contributed by atoms with Gasteiger partial charge in [-0.2, -0.15) is 0 Å². The second kappa shape index (κ2) is 8.80. The van der Waals surface area contributed by atoms with E-state index in [0.717, 1.165) is 63.0 Å². The van der Waals surface area contributed by atoms with E-state index in [9.17, 15) is 4.79 Å². The number of anilines is 2. The van der Waals surface area contributed by atoms with Crippen LogP contribution >= 0.6 is 0 Å². The molecule has 0 spiro atoms. The maximum Gasteiger partial charge on any atom is 0.276 e. The van der Waals surface area contributed by atoms with Crippen LogP contribution in [0.4, 0.5) is 11.6 Å². The third kappa shape index (κ3) is 4.49. The Balaban J connectivity index is 1.13. The maximum absolute atomic E-state index is 12.7. The van der Waals surface area contributed by atoms with Crippen molar-refractivity contribution in [3.05, 3.63) is 29.7 Å². The van der Waals surface area contributed by atoms with Gasteiger partial charge in [-0.15, -0.1) is 10.2 Å². The molecular weight excluding hydrogens is 398 g/mol. The Bertz CT molecular complexity index is 883. The number of hydrogen-bond acceptors (Lipinski definition) is 9. The number of nitrogens with zero attached hydrogens (tertiary/aromatic N) is 7. The number of hydrogen-bond donors (Lipinski definition) is 1. The summed E-state index contributed by atoms with van der Waals surface area (Å²) in [6.07, 6.45) is 2.25. The molecule has 5 rings (SSSR count). The van der Waals surface area contributed by atoms with Crippen molar-refractivity contribution in [3.8, 4) is 0 Å². The molecule has 10 heteroatoms. The van der Waals surface area contributed by atoms with Gasteiger partial charge >= 0.3 is 0 Å². The molecule has 2 aliphatic heterocycles. The molecule has 0 aromatic carbocycles. The van der Waals surface area contributed by atoms with Gasteiger partial charge in [0.1, 0.15) is 5.76 Å². The average Bonchev–Trinajstić information content (AvgIpc) is 3.56. The minimum Gasteiger partial charge on any atom is -0.395 e. The highest BCUT2D eigenvalue weighted by atomic mass is 16.5. The van der Waals surface area contributed by atoms with E-state index < -0.39 is 0 Å². The van der Waals surface area contributed by atoms with Crippen LogP contribution in [0.3, 0.4) is 0 Å². The van der Waals surface area contributed by atoms with Crippen LogP contribution in [0.25, 0.3) is 0 Å². The molecule has 0 atom stereocenters. The van der Waals surface area contributed by atoms with Crippen molar-refractivity contribution in [1.82, 2.24) is 25.2 Å². The van der Waals surface area contributed by atoms with E-state index in [1.54, 1.807) is 6.07 Å². The lowest BCUT2D eigenvalue weighted by atomic mass is 10.2. The number of aliphatic hydroxyl groups excluding tert-OH is 1. The molecule has 166 valence electrons. The number of aromatic nitrogens is 3. The molecule has 0 bridgehead atoms. The first-order valence-electron chi connectivity index (χ1n) is 11.1. The smallest absolute Gasteiger partial charge is 0.276 e. The molecule has 2 saturated heterocycles. The van der Waals surface area contributed by atoms with Crippen LogP contribution in [-0.4, -0.2) is 102 Å². The normalized spacial score (nSPS) is 20.4. The van der Waals surface area contributed by atoms with Crippen molar-refractivity contribution in [3.63, 3.8) is 0 Å². The zero-order valence-electron chi connectivity index (χ0n) is 17.7. The lowest BCUT2D eigenvalue weighted by Gasteiger charge is -2.36. The monoisotopic (exact) mass is 427 g/mol. The predicted molar refractivity (Wildman–Crippen MR) is 114 cm³/mol. The minimum absolute atomic E-state index is 0.0583. The summed E-state index contributed by atoms with van der Waals surface area (Å²) in [6, 6.07) is 5.84. The molecule has 31 heavy (non-hydrogen) atoms. The summed E-state index contributed by atoms with van der Waals surface area (Å²) in [5.74, 6) is 2.96. The molecule has 3 aliphatic rings. The fourth-order valence-electron chi connectivity index (χ4n) is 4.25. The number of piperazine rings is 2. The molecule has 4 heterocycles. The van der Waals surface area contributed by atoms with Crippen LogP contribution in [0.2, 0.25) is 0 Å². The fraction of sp³-hybridized carbons (Fsp3) is 0.619. The number of amides is 1. The molecule has 3 fully saturated rings. The van der Waals surface area contributed by atoms with E-state index in [1.165, 1.54) is 0 Å². The highest BCUT2D eigenvalue weighted by molar-refractivity contribution is 5.92. The van der Waals surface area contributed by atoms with Crippen LogP contribution in [0.15, 0.2) is 22.7 Å². The van der Waals surface area contributed by atoms with Crippen molar-refractivity contribution in [2.24, 2.45) is 0 Å². The van der Waals surface area contributed by atoms with Gasteiger partial charge in [-0.05, 0) is 25.0 Å². The number of rotatable bonds is 6. The van der Waals surface area contributed by atoms with Gasteiger partial charge in [-0.25, -0.2) is 0 Å². The van der Waals surface area contributed by atoms with E-state index >= 15 is 0 Å². The van der Waals surface area contributed by atoms with E-state index in [2.05, 4.69) is 30.1 Å². The third-order valence-electron chi connectivity index (χ3n) is 6.37. The van der Waals surface area contributed by atoms with Crippen molar-refractivity contribution in [1.29, 1.82) is 0 Å². The number of aliphatic hydroxyl groups is 1. The minimum atomic E-state index is -0.0583. The van der Waals surface area contributed by atoms with Gasteiger partial charge in [0.25, 0.3) is 5.91 Å². The Morgan fingerprint density at radius 2 is 1.58 bits per heavy atom. The zero-order valence-corrected chi connectivity index (χ0v) is 17.7. The van der Waals surface area contributed by atoms with Crippen molar-refractivity contribution in [2.45, 2.75) is 18.8 Å². The SMILES string of the molecule is O=C(c1cc(C2CC2)on1)N1CCN(c2ccc(N3CCN(CCO)CC3)nn2)CC1. The highest BCUT2D eigenvalue weighted by Gasteiger charge is 2.31. The molecule has 1 amide bonds. The van der Waals surface area contributed by atoms with Crippen LogP contribution in [-0.2, 0) is 0 Å². The Kier molecular flexibility index (Phi) is 5.73. The van der Waals surface area contributed by atoms with Crippen LogP contribution in [0.1, 0.15) is 35.0 Å². The first kappa shape index (κ1) is 20.2. The maximum atomic E-state index is 12.7. The number of carbonyl (C=O) groups excluding carboxylic acids is 1. The van der Waals surface area contributed by atoms with Gasteiger partial charge in [-0.1, -0.05) is 5.16 Å². The van der Waals surface area contributed by atoms with Crippen LogP contribution < -0.4 is 9.80 Å². The Labute approximate surface area is 181 Å². The first-order chi connectivity index (χ1) is 15.2. The summed E-state index contributed by atoms with van der Waals surface area (Å²) in [4.78, 5) is 21.2. The largest absolute Gasteiger partial charge is 0.395 e. The Hall–Kier alpha value is -2.72. The molecule has 0 unspecified atom stereocenters. The number of β-amino-alcohol motifs (C(OH)–C–C–N with tert-alkyl or cyclic N) is 1. The van der Waals surface area contributed by atoms with Gasteiger partial charge in [0.05, 0.1) is 6.61 Å². The summed E-state index contributed by atoms with van der Waals surface area (Å²) in [5.41, 5.74) is 0.415. The fourth-order valence-corrected chi connectivity index (χ4v) is 4.25. The molecule has 1 aliphatic carbocycles. The van der Waals surface area contributed by atoms with Crippen LogP contribution in [0, 0.1) is 0 Å². The summed E-state index contributed by atoms with van der Waals surface area (Å²) in [6.45, 7) is 7.24. The second-order valence-electron chi connectivity index (χ2n) is 8.47. The summed E-state index contributed by atoms with van der Waals surface area (Å²) < 4.78 is 5.33. The van der Waals surface area contributed by atoms with E-state index in [4.69, 9.17) is 9.63 Å². The van der Waals surface area contributed by atoms with Crippen molar-refractivity contribution >= 4 is 17.5 Å². The number of carbonyl (C=O) groups is 1. The summed E-state index contributed by atoms with van der Waals surface area (Å²) in [7, 11) is 0. The standard InChI is InChI=1S/C21H29N7O3/c29-14-13-25-5-7-26(8-6-25)19-3-4-20(23-22-19)27-9-11-28(12-10-27)21(30)17-15-18(31-24-17)16-1-2-16/h3-4,15-16,29H,1-2,5-14H2. The third-order valence-corrected chi connectivity index (χ3v) is 6.37. The first-order valence-corrected chi connectivity index (χ1v) is 11.1. The predicted octanol–water partition coefficient (Wildman–Crippen LogP) is 0.419. The van der Waals surface area contributed by atoms with Crippen molar-refractivity contribution < 1.29 is 14.4 Å². The molecule has 2 aromatic heterocycles. The Morgan fingerprint density at radius 3 is 2.13 bits per heavy atom. The molecule has 1 N–H and O–H groups in total. The lowest BCUT2D eigenvalue weighted by Crippen LogP contribution is -2.49. The molecule has 2 aromatic rings. The van der Waals surface area contributed by atoms with Gasteiger partial charge in [0.2, 0.25) is 0 Å². The van der Waals surface area contributed by atoms with E-state index in [0.29, 0.717) is 37.8 Å². The van der Waals surface area contributed by atoms with Gasteiger partial charge in [0.15, 0.2) is 17.3 Å². The quantitative estimate of drug-likeness (QED) is 0.703. The summed E-state index contributed by atoms with van der Waals surface area (Å²) in [5, 5.41) is 21.9. The highest BCUT2D eigenvalue weighted by Crippen LogP contribution is 2.40. The molecule has 0 radical (unpaired) electrons. The van der Waals surface area contributed by atoms with Crippen molar-refractivity contribution in [2.75, 3.05) is 75.3 Å². The molecule has 1 saturated carbocycles. The van der Waals surface area contributed by atoms with Gasteiger partial charge < -0.3 is 24.3 Å². The van der Waals surface area contributed by atoms with E-state index in [1.807, 2.05) is 17.0 Å². The summed E-state index contributed by atoms with van der Waals surface area (Å²) >= 11 is 0. The van der Waals surface area contributed by atoms with Crippen LogP contribution in [0.5, 0.6) is 0 Å². The average molecular weight is 428 g/mol. The second-order valence-corrected chi connectivity index (χ2v) is 8.47. The lowest BCUT2D eigenvalue weighted by molar-refractivity contribution is 0.0736. The van der Waals surface area contributed by atoms with Gasteiger partial charge in [0, 0.05) is 70.9 Å². The zero-order chi connectivity index (χ0) is 21.2. The topological polar surface area (TPSA) is 102 Å². The Morgan fingerprint density at radius 1 is 0.968 bits per heavy atom.